The Kier molecular flexibility index (Phi) is 4.26. The number of hydrogen-bond acceptors (Lipinski definition) is 5. The molecule has 0 fully saturated rings. The number of aromatic amines is 1. The lowest BCUT2D eigenvalue weighted by atomic mass is 10.1. The van der Waals surface area contributed by atoms with Gasteiger partial charge in [-0.25, -0.2) is 4.39 Å². The molecule has 1 atom stereocenters. The van der Waals surface area contributed by atoms with E-state index < -0.39 is 5.82 Å². The molecule has 6 nitrogen and oxygen atoms in total. The van der Waals surface area contributed by atoms with E-state index in [0.717, 1.165) is 22.0 Å². The molecule has 0 aliphatic carbocycles. The van der Waals surface area contributed by atoms with Crippen molar-refractivity contribution in [1.82, 2.24) is 20.4 Å². The van der Waals surface area contributed by atoms with Gasteiger partial charge in [0.15, 0.2) is 0 Å². The summed E-state index contributed by atoms with van der Waals surface area (Å²) in [6.07, 6.45) is 0. The Hall–Kier alpha value is -2.64. The molecule has 2 aromatic carbocycles. The zero-order valence-corrected chi connectivity index (χ0v) is 14.9. The van der Waals surface area contributed by atoms with Crippen LogP contribution in [-0.4, -0.2) is 20.4 Å². The van der Waals surface area contributed by atoms with Crippen molar-refractivity contribution < 1.29 is 8.81 Å². The predicted octanol–water partition coefficient (Wildman–Crippen LogP) is 5.23. The van der Waals surface area contributed by atoms with Crippen LogP contribution in [0.1, 0.15) is 18.5 Å². The van der Waals surface area contributed by atoms with Gasteiger partial charge in [0.05, 0.1) is 16.6 Å². The summed E-state index contributed by atoms with van der Waals surface area (Å²) in [7, 11) is 0. The first-order valence-electron chi connectivity index (χ1n) is 7.70. The maximum atomic E-state index is 13.3. The van der Waals surface area contributed by atoms with Crippen molar-refractivity contribution in [2.75, 3.05) is 5.32 Å². The molecular weight excluding hydrogens is 380 g/mol. The van der Waals surface area contributed by atoms with Crippen LogP contribution in [0.15, 0.2) is 40.8 Å². The molecule has 2 aromatic heterocycles. The predicted molar refractivity (Wildman–Crippen MR) is 97.8 cm³/mol. The molecule has 4 rings (SSSR count). The van der Waals surface area contributed by atoms with Crippen molar-refractivity contribution in [3.8, 4) is 11.5 Å². The zero-order valence-electron chi connectivity index (χ0n) is 13.4. The first-order valence-corrected chi connectivity index (χ1v) is 8.46. The average molecular weight is 392 g/mol. The summed E-state index contributed by atoms with van der Waals surface area (Å²) >= 11 is 11.9. The van der Waals surface area contributed by atoms with Gasteiger partial charge in [0.2, 0.25) is 5.89 Å². The lowest BCUT2D eigenvalue weighted by molar-refractivity contribution is 0.573. The second kappa shape index (κ2) is 6.59. The van der Waals surface area contributed by atoms with E-state index in [1.165, 1.54) is 6.07 Å². The van der Waals surface area contributed by atoms with Gasteiger partial charge in [0.25, 0.3) is 0 Å². The molecule has 132 valence electrons. The Morgan fingerprint density at radius 2 is 2.00 bits per heavy atom. The molecule has 0 aliphatic heterocycles. The quantitative estimate of drug-likeness (QED) is 0.497. The third-order valence-corrected chi connectivity index (χ3v) is 4.54. The van der Waals surface area contributed by atoms with Crippen molar-refractivity contribution in [2.45, 2.75) is 13.0 Å². The minimum Gasteiger partial charge on any atom is -0.403 e. The van der Waals surface area contributed by atoms with Crippen LogP contribution < -0.4 is 5.32 Å². The number of anilines is 1. The van der Waals surface area contributed by atoms with Gasteiger partial charge in [-0.05, 0) is 42.8 Å². The minimum absolute atomic E-state index is 0.0626. The molecule has 0 bridgehead atoms. The summed E-state index contributed by atoms with van der Waals surface area (Å²) in [4.78, 5) is 0. The number of H-pyrrole nitrogens is 1. The Labute approximate surface area is 157 Å². The van der Waals surface area contributed by atoms with Gasteiger partial charge < -0.3 is 9.73 Å². The molecule has 2 N–H and O–H groups in total. The molecule has 1 unspecified atom stereocenters. The van der Waals surface area contributed by atoms with Crippen LogP contribution in [-0.2, 0) is 0 Å². The number of halogens is 3. The fourth-order valence-corrected chi connectivity index (χ4v) is 2.94. The van der Waals surface area contributed by atoms with E-state index in [0.29, 0.717) is 11.0 Å². The maximum Gasteiger partial charge on any atom is 0.316 e. The lowest BCUT2D eigenvalue weighted by Gasteiger charge is -2.12. The third kappa shape index (κ3) is 3.11. The molecule has 9 heteroatoms. The topological polar surface area (TPSA) is 79.6 Å². The van der Waals surface area contributed by atoms with E-state index in [4.69, 9.17) is 27.6 Å². The van der Waals surface area contributed by atoms with E-state index in [1.807, 2.05) is 25.1 Å². The Balaban J connectivity index is 1.56. The lowest BCUT2D eigenvalue weighted by Crippen LogP contribution is -2.07. The maximum absolute atomic E-state index is 13.3. The fourth-order valence-electron chi connectivity index (χ4n) is 2.56. The van der Waals surface area contributed by atoms with E-state index >= 15 is 0 Å². The van der Waals surface area contributed by atoms with Crippen molar-refractivity contribution >= 4 is 40.1 Å². The second-order valence-electron chi connectivity index (χ2n) is 5.72. The van der Waals surface area contributed by atoms with Crippen LogP contribution in [0.2, 0.25) is 10.2 Å². The summed E-state index contributed by atoms with van der Waals surface area (Å²) in [5.74, 6) is -0.119. The van der Waals surface area contributed by atoms with Gasteiger partial charge >= 0.3 is 6.01 Å². The van der Waals surface area contributed by atoms with Crippen LogP contribution in [0.3, 0.4) is 0 Å². The largest absolute Gasteiger partial charge is 0.403 e. The molecule has 4 aromatic rings. The summed E-state index contributed by atoms with van der Waals surface area (Å²) < 4.78 is 19.0. The Bertz CT molecular complexity index is 1090. The number of nitrogens with one attached hydrogen (secondary N) is 2. The van der Waals surface area contributed by atoms with Crippen LogP contribution in [0.5, 0.6) is 0 Å². The van der Waals surface area contributed by atoms with Crippen LogP contribution >= 0.6 is 23.2 Å². The normalized spacial score (nSPS) is 12.5. The van der Waals surface area contributed by atoms with E-state index in [-0.39, 0.29) is 17.1 Å². The van der Waals surface area contributed by atoms with Gasteiger partial charge in [0, 0.05) is 10.9 Å². The fraction of sp³-hybridized carbons (Fsp3) is 0.118. The molecule has 0 saturated carbocycles. The molecule has 0 spiro atoms. The third-order valence-electron chi connectivity index (χ3n) is 3.96. The number of fused-ring (bicyclic) bond motifs is 1. The number of benzene rings is 2. The summed E-state index contributed by atoms with van der Waals surface area (Å²) in [5.41, 5.74) is 2.26. The second-order valence-corrected chi connectivity index (χ2v) is 6.51. The van der Waals surface area contributed by atoms with Crippen LogP contribution in [0.4, 0.5) is 10.4 Å². The summed E-state index contributed by atoms with van der Waals surface area (Å²) in [6, 6.07) is 10.0. The number of aromatic nitrogens is 4. The van der Waals surface area contributed by atoms with E-state index in [2.05, 4.69) is 25.7 Å². The standard InChI is InChI=1S/C17H12Cl2FN5O/c1-8(9-2-4-13(20)12(18)7-9)21-17-25-24-16(26-17)10-3-5-14-11(6-10)15(19)23-22-14/h2-8H,1H3,(H,21,25)(H,22,23). The summed E-state index contributed by atoms with van der Waals surface area (Å²) in [5, 5.41) is 19.2. The monoisotopic (exact) mass is 391 g/mol. The zero-order chi connectivity index (χ0) is 18.3. The molecule has 2 heterocycles. The van der Waals surface area contributed by atoms with Crippen LogP contribution in [0, 0.1) is 5.82 Å². The highest BCUT2D eigenvalue weighted by Gasteiger charge is 2.14. The van der Waals surface area contributed by atoms with Crippen molar-refractivity contribution in [3.05, 3.63) is 58.0 Å². The summed E-state index contributed by atoms with van der Waals surface area (Å²) in [6.45, 7) is 1.88. The molecule has 26 heavy (non-hydrogen) atoms. The molecule has 0 saturated heterocycles. The molecule has 0 aliphatic rings. The first kappa shape index (κ1) is 16.8. The molecular formula is C17H12Cl2FN5O. The number of hydrogen-bond donors (Lipinski definition) is 2. The number of nitrogens with zero attached hydrogens (tertiary/aromatic N) is 3. The Morgan fingerprint density at radius 1 is 1.15 bits per heavy atom. The molecule has 0 amide bonds. The van der Waals surface area contributed by atoms with Gasteiger partial charge in [-0.2, -0.15) is 5.10 Å². The van der Waals surface area contributed by atoms with Gasteiger partial charge in [-0.15, -0.1) is 5.10 Å². The minimum atomic E-state index is -0.462. The average Bonchev–Trinajstić information content (AvgIpc) is 3.24. The van der Waals surface area contributed by atoms with Crippen LogP contribution in [0.25, 0.3) is 22.4 Å². The van der Waals surface area contributed by atoms with Gasteiger partial charge in [-0.1, -0.05) is 34.4 Å². The smallest absolute Gasteiger partial charge is 0.316 e. The first-order chi connectivity index (χ1) is 12.5. The van der Waals surface area contributed by atoms with Gasteiger partial charge in [-0.3, -0.25) is 5.10 Å². The molecule has 0 radical (unpaired) electrons. The highest BCUT2D eigenvalue weighted by Crippen LogP contribution is 2.28. The highest BCUT2D eigenvalue weighted by molar-refractivity contribution is 6.34. The van der Waals surface area contributed by atoms with Gasteiger partial charge in [0.1, 0.15) is 11.0 Å². The van der Waals surface area contributed by atoms with Crippen molar-refractivity contribution in [3.63, 3.8) is 0 Å². The Morgan fingerprint density at radius 3 is 2.81 bits per heavy atom. The van der Waals surface area contributed by atoms with E-state index in [9.17, 15) is 4.39 Å². The van der Waals surface area contributed by atoms with E-state index in [1.54, 1.807) is 12.1 Å². The van der Waals surface area contributed by atoms with Crippen molar-refractivity contribution in [2.24, 2.45) is 0 Å². The van der Waals surface area contributed by atoms with Crippen molar-refractivity contribution in [1.29, 1.82) is 0 Å². The highest BCUT2D eigenvalue weighted by atomic mass is 35.5. The SMILES string of the molecule is CC(Nc1nnc(-c2ccc3n[nH]c(Cl)c3c2)o1)c1ccc(F)c(Cl)c1. The number of rotatable bonds is 4.